The van der Waals surface area contributed by atoms with Gasteiger partial charge in [-0.25, -0.2) is 0 Å². The second kappa shape index (κ2) is 7.26. The molecule has 3 atom stereocenters. The van der Waals surface area contributed by atoms with Crippen LogP contribution in [-0.2, 0) is 11.2 Å². The lowest BCUT2D eigenvalue weighted by molar-refractivity contribution is -0.133. The zero-order valence-electron chi connectivity index (χ0n) is 15.5. The number of hydrogen-bond donors (Lipinski definition) is 0. The summed E-state index contributed by atoms with van der Waals surface area (Å²) < 4.78 is 5.20. The first kappa shape index (κ1) is 17.5. The van der Waals surface area contributed by atoms with Gasteiger partial charge in [-0.1, -0.05) is 5.16 Å². The highest BCUT2D eigenvalue weighted by molar-refractivity contribution is 5.76. The summed E-state index contributed by atoms with van der Waals surface area (Å²) in [6.07, 6.45) is 6.22. The van der Waals surface area contributed by atoms with E-state index in [1.165, 1.54) is 19.3 Å². The van der Waals surface area contributed by atoms with Crippen LogP contribution >= 0.6 is 0 Å². The Morgan fingerprint density at radius 3 is 2.54 bits per heavy atom. The van der Waals surface area contributed by atoms with E-state index < -0.39 is 0 Å². The van der Waals surface area contributed by atoms with Gasteiger partial charge in [0.1, 0.15) is 5.76 Å². The summed E-state index contributed by atoms with van der Waals surface area (Å²) in [5.41, 5.74) is 2.01. The molecule has 0 saturated carbocycles. The van der Waals surface area contributed by atoms with E-state index >= 15 is 0 Å². The molecule has 3 rings (SSSR count). The highest BCUT2D eigenvalue weighted by Crippen LogP contribution is 2.30. The van der Waals surface area contributed by atoms with Crippen LogP contribution in [0.15, 0.2) is 4.52 Å². The van der Waals surface area contributed by atoms with Crippen molar-refractivity contribution < 1.29 is 9.32 Å². The molecule has 0 N–H and O–H groups in total. The van der Waals surface area contributed by atoms with Crippen molar-refractivity contribution in [3.8, 4) is 0 Å². The lowest BCUT2D eigenvalue weighted by Gasteiger charge is -2.41. The van der Waals surface area contributed by atoms with Crippen LogP contribution in [0.4, 0.5) is 0 Å². The maximum atomic E-state index is 12.7. The number of piperidine rings is 1. The van der Waals surface area contributed by atoms with Gasteiger partial charge >= 0.3 is 0 Å². The number of carbonyl (C=O) groups is 1. The molecule has 0 aliphatic carbocycles. The Labute approximate surface area is 145 Å². The van der Waals surface area contributed by atoms with Crippen LogP contribution in [0.1, 0.15) is 63.0 Å². The van der Waals surface area contributed by atoms with E-state index in [4.69, 9.17) is 4.52 Å². The molecule has 1 amide bonds. The van der Waals surface area contributed by atoms with Crippen LogP contribution in [0, 0.1) is 13.8 Å². The Balaban J connectivity index is 1.57. The molecule has 3 heterocycles. The highest BCUT2D eigenvalue weighted by Gasteiger charge is 2.36. The molecule has 0 spiro atoms. The van der Waals surface area contributed by atoms with Crippen molar-refractivity contribution in [2.75, 3.05) is 13.1 Å². The Bertz CT molecular complexity index is 554. The van der Waals surface area contributed by atoms with Crippen LogP contribution in [-0.4, -0.2) is 52.1 Å². The van der Waals surface area contributed by atoms with Gasteiger partial charge in [0.2, 0.25) is 5.91 Å². The third-order valence-electron chi connectivity index (χ3n) is 5.96. The van der Waals surface area contributed by atoms with Gasteiger partial charge in [-0.3, -0.25) is 9.69 Å². The normalized spacial score (nSPS) is 28.5. The third-order valence-corrected chi connectivity index (χ3v) is 5.96. The van der Waals surface area contributed by atoms with E-state index in [0.29, 0.717) is 24.5 Å². The van der Waals surface area contributed by atoms with Gasteiger partial charge < -0.3 is 9.42 Å². The van der Waals surface area contributed by atoms with E-state index in [1.807, 2.05) is 13.8 Å². The molecular weight excluding hydrogens is 302 g/mol. The lowest BCUT2D eigenvalue weighted by atomic mass is 10.0. The van der Waals surface area contributed by atoms with E-state index in [9.17, 15) is 4.79 Å². The number of amides is 1. The largest absolute Gasteiger partial charge is 0.361 e. The molecular formula is C19H31N3O2. The van der Waals surface area contributed by atoms with Crippen molar-refractivity contribution >= 4 is 5.91 Å². The predicted molar refractivity (Wildman–Crippen MR) is 93.9 cm³/mol. The highest BCUT2D eigenvalue weighted by atomic mass is 16.5. The summed E-state index contributed by atoms with van der Waals surface area (Å²) in [6.45, 7) is 10.3. The molecule has 0 bridgehead atoms. The van der Waals surface area contributed by atoms with Crippen LogP contribution in [0.25, 0.3) is 0 Å². The van der Waals surface area contributed by atoms with Crippen molar-refractivity contribution in [2.24, 2.45) is 0 Å². The van der Waals surface area contributed by atoms with E-state index in [1.54, 1.807) is 0 Å². The molecule has 5 heteroatoms. The third kappa shape index (κ3) is 3.51. The van der Waals surface area contributed by atoms with Gasteiger partial charge in [0.05, 0.1) is 5.69 Å². The SMILES string of the molecule is Cc1noc(C)c1CCC(=O)N1CCC[C@H](N2[C@H](C)CC[C@H]2C)C1. The standard InChI is InChI=1S/C19H31N3O2/c1-13-7-8-14(2)22(13)17-6-5-11-21(12-17)19(23)10-9-18-15(3)20-24-16(18)4/h13-14,17H,5-12H2,1-4H3/t13-,14-,17+/m1/s1. The first-order valence-electron chi connectivity index (χ1n) is 9.44. The van der Waals surface area contributed by atoms with Crippen molar-refractivity contribution in [3.05, 3.63) is 17.0 Å². The topological polar surface area (TPSA) is 49.6 Å². The summed E-state index contributed by atoms with van der Waals surface area (Å²) in [7, 11) is 0. The smallest absolute Gasteiger partial charge is 0.222 e. The second-order valence-electron chi connectivity index (χ2n) is 7.66. The average molecular weight is 333 g/mol. The fourth-order valence-electron chi connectivity index (χ4n) is 4.61. The second-order valence-corrected chi connectivity index (χ2v) is 7.66. The Kier molecular flexibility index (Phi) is 5.28. The van der Waals surface area contributed by atoms with Gasteiger partial charge in [0.15, 0.2) is 0 Å². The van der Waals surface area contributed by atoms with Crippen LogP contribution in [0.5, 0.6) is 0 Å². The van der Waals surface area contributed by atoms with Gasteiger partial charge in [0, 0.05) is 43.2 Å². The average Bonchev–Trinajstić information content (AvgIpc) is 3.07. The molecule has 1 aromatic heterocycles. The van der Waals surface area contributed by atoms with Gasteiger partial charge in [-0.05, 0) is 59.8 Å². The molecule has 0 radical (unpaired) electrons. The lowest BCUT2D eigenvalue weighted by Crippen LogP contribution is -2.52. The van der Waals surface area contributed by atoms with E-state index in [-0.39, 0.29) is 5.91 Å². The fraction of sp³-hybridized carbons (Fsp3) is 0.789. The van der Waals surface area contributed by atoms with Crippen molar-refractivity contribution in [2.45, 2.75) is 84.3 Å². The number of hydrogen-bond acceptors (Lipinski definition) is 4. The van der Waals surface area contributed by atoms with E-state index in [0.717, 1.165) is 42.9 Å². The molecule has 24 heavy (non-hydrogen) atoms. The monoisotopic (exact) mass is 333 g/mol. The van der Waals surface area contributed by atoms with Gasteiger partial charge in [-0.15, -0.1) is 0 Å². The summed E-state index contributed by atoms with van der Waals surface area (Å²) in [5, 5.41) is 3.98. The van der Waals surface area contributed by atoms with Crippen LogP contribution in [0.2, 0.25) is 0 Å². The van der Waals surface area contributed by atoms with Gasteiger partial charge in [-0.2, -0.15) is 0 Å². The summed E-state index contributed by atoms with van der Waals surface area (Å²) >= 11 is 0. The number of aromatic nitrogens is 1. The molecule has 0 unspecified atom stereocenters. The molecule has 134 valence electrons. The fourth-order valence-corrected chi connectivity index (χ4v) is 4.61. The molecule has 0 aromatic carbocycles. The van der Waals surface area contributed by atoms with Crippen LogP contribution in [0.3, 0.4) is 0 Å². The molecule has 2 saturated heterocycles. The molecule has 2 aliphatic rings. The maximum absolute atomic E-state index is 12.7. The number of carbonyl (C=O) groups excluding carboxylic acids is 1. The molecule has 1 aromatic rings. The van der Waals surface area contributed by atoms with Gasteiger partial charge in [0.25, 0.3) is 0 Å². The quantitative estimate of drug-likeness (QED) is 0.849. The number of nitrogens with zero attached hydrogens (tertiary/aromatic N) is 3. The minimum absolute atomic E-state index is 0.277. The Morgan fingerprint density at radius 2 is 1.92 bits per heavy atom. The summed E-state index contributed by atoms with van der Waals surface area (Å²) in [4.78, 5) is 17.4. The summed E-state index contributed by atoms with van der Waals surface area (Å²) in [5.74, 6) is 1.12. The minimum atomic E-state index is 0.277. The Morgan fingerprint density at radius 1 is 1.21 bits per heavy atom. The number of likely N-dealkylation sites (tertiary alicyclic amines) is 2. The Hall–Kier alpha value is -1.36. The van der Waals surface area contributed by atoms with Crippen LogP contribution < -0.4 is 0 Å². The van der Waals surface area contributed by atoms with Crippen molar-refractivity contribution in [1.82, 2.24) is 15.0 Å². The number of aryl methyl sites for hydroxylation is 2. The maximum Gasteiger partial charge on any atom is 0.222 e. The summed E-state index contributed by atoms with van der Waals surface area (Å²) in [6, 6.07) is 1.85. The first-order chi connectivity index (χ1) is 11.5. The molecule has 2 aliphatic heterocycles. The van der Waals surface area contributed by atoms with E-state index in [2.05, 4.69) is 28.8 Å². The molecule has 5 nitrogen and oxygen atoms in total. The number of rotatable bonds is 4. The van der Waals surface area contributed by atoms with Crippen molar-refractivity contribution in [3.63, 3.8) is 0 Å². The first-order valence-corrected chi connectivity index (χ1v) is 9.44. The minimum Gasteiger partial charge on any atom is -0.361 e. The zero-order chi connectivity index (χ0) is 17.3. The zero-order valence-corrected chi connectivity index (χ0v) is 15.5. The van der Waals surface area contributed by atoms with Crippen molar-refractivity contribution in [1.29, 1.82) is 0 Å². The molecule has 2 fully saturated rings. The predicted octanol–water partition coefficient (Wildman–Crippen LogP) is 3.09.